The summed E-state index contributed by atoms with van der Waals surface area (Å²) in [7, 11) is 1.59. The summed E-state index contributed by atoms with van der Waals surface area (Å²) in [6, 6.07) is 13.3. The van der Waals surface area contributed by atoms with Crippen LogP contribution in [0.25, 0.3) is 0 Å². The van der Waals surface area contributed by atoms with Gasteiger partial charge in [0.05, 0.1) is 12.1 Å². The van der Waals surface area contributed by atoms with E-state index in [-0.39, 0.29) is 0 Å². The third kappa shape index (κ3) is 4.55. The maximum absolute atomic E-state index is 6.22. The topological polar surface area (TPSA) is 27.7 Å². The third-order valence-corrected chi connectivity index (χ3v) is 3.71. The van der Waals surface area contributed by atoms with Crippen molar-refractivity contribution >= 4 is 27.5 Å². The van der Waals surface area contributed by atoms with Crippen LogP contribution in [0, 0.1) is 0 Å². The van der Waals surface area contributed by atoms with Crippen LogP contribution in [0.5, 0.6) is 17.2 Å². The van der Waals surface area contributed by atoms with Crippen molar-refractivity contribution in [3.8, 4) is 17.2 Å². The van der Waals surface area contributed by atoms with E-state index in [9.17, 15) is 0 Å². The molecular weight excluding hydrogens is 356 g/mol. The minimum atomic E-state index is 0.388. The zero-order valence-electron chi connectivity index (χ0n) is 11.6. The van der Waals surface area contributed by atoms with Gasteiger partial charge in [0.1, 0.15) is 19.0 Å². The molecule has 0 fully saturated rings. The predicted octanol–water partition coefficient (Wildman–Crippen LogP) is 4.70. The number of benzene rings is 2. The van der Waals surface area contributed by atoms with Crippen LogP contribution in [0.2, 0.25) is 5.02 Å². The molecule has 0 aromatic heterocycles. The Balaban J connectivity index is 1.93. The van der Waals surface area contributed by atoms with Crippen molar-refractivity contribution in [1.29, 1.82) is 0 Å². The number of hydrogen-bond acceptors (Lipinski definition) is 3. The molecule has 0 aliphatic rings. The van der Waals surface area contributed by atoms with Crippen LogP contribution < -0.4 is 14.2 Å². The number of hydrogen-bond donors (Lipinski definition) is 0. The summed E-state index contributed by atoms with van der Waals surface area (Å²) in [5.41, 5.74) is 1.03. The zero-order chi connectivity index (χ0) is 15.1. The third-order valence-electron chi connectivity index (χ3n) is 2.79. The maximum Gasteiger partial charge on any atom is 0.179 e. The van der Waals surface area contributed by atoms with Crippen LogP contribution >= 0.6 is 27.5 Å². The first-order valence-corrected chi connectivity index (χ1v) is 7.97. The lowest BCUT2D eigenvalue weighted by Crippen LogP contribution is -2.10. The van der Waals surface area contributed by atoms with Gasteiger partial charge in [0, 0.05) is 5.33 Å². The molecule has 0 unspecified atom stereocenters. The Morgan fingerprint density at radius 3 is 2.43 bits per heavy atom. The summed E-state index contributed by atoms with van der Waals surface area (Å²) in [5.74, 6) is 1.98. The van der Waals surface area contributed by atoms with Gasteiger partial charge in [0.25, 0.3) is 0 Å². The van der Waals surface area contributed by atoms with Crippen LogP contribution in [0.15, 0.2) is 42.5 Å². The molecule has 2 rings (SSSR count). The monoisotopic (exact) mass is 370 g/mol. The van der Waals surface area contributed by atoms with Gasteiger partial charge in [0.2, 0.25) is 0 Å². The lowest BCUT2D eigenvalue weighted by Gasteiger charge is -2.14. The highest BCUT2D eigenvalue weighted by Crippen LogP contribution is 2.36. The van der Waals surface area contributed by atoms with Gasteiger partial charge in [-0.3, -0.25) is 0 Å². The van der Waals surface area contributed by atoms with Crippen LogP contribution in [-0.4, -0.2) is 20.3 Å². The van der Waals surface area contributed by atoms with Crippen LogP contribution in [0.4, 0.5) is 0 Å². The predicted molar refractivity (Wildman–Crippen MR) is 88.1 cm³/mol. The van der Waals surface area contributed by atoms with E-state index >= 15 is 0 Å². The number of para-hydroxylation sites is 1. The van der Waals surface area contributed by atoms with Gasteiger partial charge in [-0.25, -0.2) is 0 Å². The van der Waals surface area contributed by atoms with Gasteiger partial charge in [-0.1, -0.05) is 45.7 Å². The van der Waals surface area contributed by atoms with Crippen molar-refractivity contribution in [2.24, 2.45) is 0 Å². The van der Waals surface area contributed by atoms with E-state index in [1.165, 1.54) is 0 Å². The normalized spacial score (nSPS) is 10.2. The van der Waals surface area contributed by atoms with Gasteiger partial charge in [-0.2, -0.15) is 0 Å². The first-order valence-electron chi connectivity index (χ1n) is 6.47. The van der Waals surface area contributed by atoms with E-state index < -0.39 is 0 Å². The molecule has 0 amide bonds. The quantitative estimate of drug-likeness (QED) is 0.521. The van der Waals surface area contributed by atoms with Gasteiger partial charge in [-0.15, -0.1) is 0 Å². The van der Waals surface area contributed by atoms with Crippen molar-refractivity contribution in [3.05, 3.63) is 53.1 Å². The fourth-order valence-corrected chi connectivity index (χ4v) is 2.42. The van der Waals surface area contributed by atoms with Gasteiger partial charge >= 0.3 is 0 Å². The summed E-state index contributed by atoms with van der Waals surface area (Å²) in [5, 5.41) is 1.24. The highest BCUT2D eigenvalue weighted by Gasteiger charge is 2.11. The summed E-state index contributed by atoms with van der Waals surface area (Å²) in [6.07, 6.45) is 0. The number of alkyl halides is 1. The van der Waals surface area contributed by atoms with Crippen molar-refractivity contribution in [3.63, 3.8) is 0 Å². The van der Waals surface area contributed by atoms with Crippen molar-refractivity contribution in [1.82, 2.24) is 0 Å². The average molecular weight is 372 g/mol. The van der Waals surface area contributed by atoms with Gasteiger partial charge in [0.15, 0.2) is 11.5 Å². The van der Waals surface area contributed by atoms with E-state index in [0.717, 1.165) is 11.3 Å². The molecule has 0 aliphatic heterocycles. The molecular formula is C16H16BrClO3. The maximum atomic E-state index is 6.22. The van der Waals surface area contributed by atoms with Crippen molar-refractivity contribution in [2.45, 2.75) is 5.33 Å². The summed E-state index contributed by atoms with van der Waals surface area (Å²) in [6.45, 7) is 0.822. The summed E-state index contributed by atoms with van der Waals surface area (Å²) >= 11 is 9.62. The Morgan fingerprint density at radius 2 is 1.76 bits per heavy atom. The second kappa shape index (κ2) is 8.15. The zero-order valence-corrected chi connectivity index (χ0v) is 14.0. The summed E-state index contributed by atoms with van der Waals surface area (Å²) in [4.78, 5) is 0. The molecule has 21 heavy (non-hydrogen) atoms. The van der Waals surface area contributed by atoms with E-state index in [2.05, 4.69) is 15.9 Å². The first-order chi connectivity index (χ1) is 10.2. The lowest BCUT2D eigenvalue weighted by atomic mass is 10.2. The molecule has 0 saturated heterocycles. The standard InChI is InChI=1S/C16H16BrClO3/c1-19-15-10-12(11-17)9-14(18)16(15)21-8-7-20-13-5-3-2-4-6-13/h2-6,9-10H,7-8,11H2,1H3. The van der Waals surface area contributed by atoms with Gasteiger partial charge in [-0.05, 0) is 29.8 Å². The lowest BCUT2D eigenvalue weighted by molar-refractivity contribution is 0.211. The van der Waals surface area contributed by atoms with Crippen molar-refractivity contribution in [2.75, 3.05) is 20.3 Å². The Hall–Kier alpha value is -1.39. The van der Waals surface area contributed by atoms with Gasteiger partial charge < -0.3 is 14.2 Å². The molecule has 0 N–H and O–H groups in total. The minimum absolute atomic E-state index is 0.388. The van der Waals surface area contributed by atoms with Crippen molar-refractivity contribution < 1.29 is 14.2 Å². The fraction of sp³-hybridized carbons (Fsp3) is 0.250. The smallest absolute Gasteiger partial charge is 0.179 e. The second-order valence-corrected chi connectivity index (χ2v) is 5.22. The van der Waals surface area contributed by atoms with E-state index in [1.54, 1.807) is 7.11 Å². The molecule has 0 heterocycles. The molecule has 3 nitrogen and oxygen atoms in total. The molecule has 5 heteroatoms. The summed E-state index contributed by atoms with van der Waals surface area (Å²) < 4.78 is 16.6. The Bertz CT molecular complexity index is 575. The molecule has 112 valence electrons. The number of methoxy groups -OCH3 is 1. The molecule has 0 atom stereocenters. The molecule has 2 aromatic carbocycles. The number of ether oxygens (including phenoxy) is 3. The van der Waals surface area contributed by atoms with Crippen LogP contribution in [0.3, 0.4) is 0 Å². The highest BCUT2D eigenvalue weighted by atomic mass is 79.9. The second-order valence-electron chi connectivity index (χ2n) is 4.25. The van der Waals surface area contributed by atoms with E-state index in [4.69, 9.17) is 25.8 Å². The highest BCUT2D eigenvalue weighted by molar-refractivity contribution is 9.08. The molecule has 0 saturated carbocycles. The van der Waals surface area contributed by atoms with Crippen LogP contribution in [0.1, 0.15) is 5.56 Å². The number of rotatable bonds is 7. The Morgan fingerprint density at radius 1 is 1.05 bits per heavy atom. The molecule has 0 spiro atoms. The Labute approximate surface area is 137 Å². The fourth-order valence-electron chi connectivity index (χ4n) is 1.81. The first kappa shape index (κ1) is 16.0. The average Bonchev–Trinajstić information content (AvgIpc) is 2.53. The molecule has 0 radical (unpaired) electrons. The minimum Gasteiger partial charge on any atom is -0.493 e. The molecule has 0 bridgehead atoms. The van der Waals surface area contributed by atoms with Crippen LogP contribution in [-0.2, 0) is 5.33 Å². The largest absolute Gasteiger partial charge is 0.493 e. The Kier molecular flexibility index (Phi) is 6.21. The number of halogens is 2. The van der Waals surface area contributed by atoms with E-state index in [0.29, 0.717) is 35.1 Å². The SMILES string of the molecule is COc1cc(CBr)cc(Cl)c1OCCOc1ccccc1. The molecule has 0 aliphatic carbocycles. The van der Waals surface area contributed by atoms with E-state index in [1.807, 2.05) is 42.5 Å². The molecule has 2 aromatic rings.